The summed E-state index contributed by atoms with van der Waals surface area (Å²) >= 11 is 0. The van der Waals surface area contributed by atoms with Crippen LogP contribution in [-0.2, 0) is 10.8 Å². The molecule has 1 aliphatic heterocycles. The van der Waals surface area contributed by atoms with Crippen molar-refractivity contribution < 1.29 is 0 Å². The van der Waals surface area contributed by atoms with Crippen LogP contribution in [-0.4, -0.2) is 9.13 Å². The summed E-state index contributed by atoms with van der Waals surface area (Å²) in [5.74, 6) is 0. The third-order valence-electron chi connectivity index (χ3n) is 19.8. The number of nitrogens with zero attached hydrogens (tertiary/aromatic N) is 3. The van der Waals surface area contributed by atoms with Gasteiger partial charge in [0.2, 0.25) is 0 Å². The lowest BCUT2D eigenvalue weighted by Crippen LogP contribution is -2.33. The molecule has 0 saturated carbocycles. The van der Waals surface area contributed by atoms with Gasteiger partial charge in [-0.15, -0.1) is 0 Å². The third-order valence-corrected chi connectivity index (χ3v) is 19.8. The first kappa shape index (κ1) is 48.1. The Bertz CT molecular complexity index is 5440. The van der Waals surface area contributed by atoms with Crippen molar-refractivity contribution in [2.24, 2.45) is 0 Å². The van der Waals surface area contributed by atoms with Crippen LogP contribution in [0.1, 0.15) is 44.5 Å². The number of benzene rings is 14. The van der Waals surface area contributed by atoms with E-state index >= 15 is 0 Å². The Labute approximate surface area is 504 Å². The Morgan fingerprint density at radius 3 is 1.45 bits per heavy atom. The summed E-state index contributed by atoms with van der Waals surface area (Å²) in [4.78, 5) is 2.62. The van der Waals surface area contributed by atoms with Crippen LogP contribution in [0.2, 0.25) is 0 Å². The van der Waals surface area contributed by atoms with E-state index < -0.39 is 10.8 Å². The molecule has 1 atom stereocenters. The molecule has 3 nitrogen and oxygen atoms in total. The fraction of sp³-hybridized carbons (Fsp3) is 0.0238. The van der Waals surface area contributed by atoms with Crippen molar-refractivity contribution in [3.63, 3.8) is 0 Å². The van der Waals surface area contributed by atoms with E-state index in [2.05, 4.69) is 336 Å². The lowest BCUT2D eigenvalue weighted by molar-refractivity contribution is 0.748. The fourth-order valence-corrected chi connectivity index (χ4v) is 16.5. The van der Waals surface area contributed by atoms with Gasteiger partial charge in [-0.25, -0.2) is 0 Å². The highest BCUT2D eigenvalue weighted by molar-refractivity contribution is 6.15. The van der Waals surface area contributed by atoms with E-state index in [9.17, 15) is 0 Å². The number of rotatable bonds is 7. The van der Waals surface area contributed by atoms with Crippen molar-refractivity contribution in [1.29, 1.82) is 0 Å². The normalized spacial score (nSPS) is 14.8. The van der Waals surface area contributed by atoms with Crippen LogP contribution >= 0.6 is 0 Å². The molecule has 3 aliphatic rings. The highest BCUT2D eigenvalue weighted by Crippen LogP contribution is 2.65. The minimum atomic E-state index is -0.642. The first-order chi connectivity index (χ1) is 43.2. The van der Waals surface area contributed by atoms with Crippen molar-refractivity contribution in [1.82, 2.24) is 9.13 Å². The number of anilines is 3. The van der Waals surface area contributed by atoms with Crippen LogP contribution < -0.4 is 4.90 Å². The van der Waals surface area contributed by atoms with Gasteiger partial charge in [0.25, 0.3) is 0 Å². The van der Waals surface area contributed by atoms with Crippen LogP contribution in [0.25, 0.3) is 99.1 Å². The first-order valence-electron chi connectivity index (χ1n) is 30.3. The molecule has 14 aromatic carbocycles. The maximum Gasteiger partial charge on any atom is 0.0755 e. The van der Waals surface area contributed by atoms with Gasteiger partial charge in [0, 0.05) is 43.9 Å². The molecule has 0 N–H and O–H groups in total. The van der Waals surface area contributed by atoms with E-state index in [1.165, 1.54) is 127 Å². The highest BCUT2D eigenvalue weighted by Gasteiger charge is 2.52. The van der Waals surface area contributed by atoms with E-state index in [4.69, 9.17) is 0 Å². The quantitative estimate of drug-likeness (QED) is 0.155. The van der Waals surface area contributed by atoms with Crippen LogP contribution in [0.4, 0.5) is 17.1 Å². The summed E-state index contributed by atoms with van der Waals surface area (Å²) < 4.78 is 4.95. The number of hydrogen-bond donors (Lipinski definition) is 0. The second-order valence-corrected chi connectivity index (χ2v) is 23.8. The number of hydrogen-bond acceptors (Lipinski definition) is 1. The first-order valence-corrected chi connectivity index (χ1v) is 30.3. The summed E-state index contributed by atoms with van der Waals surface area (Å²) in [6.07, 6.45) is 0. The minimum Gasteiger partial charge on any atom is -0.309 e. The lowest BCUT2D eigenvalue weighted by Gasteiger charge is -2.40. The Morgan fingerprint density at radius 1 is 0.264 bits per heavy atom. The van der Waals surface area contributed by atoms with Gasteiger partial charge in [0.1, 0.15) is 0 Å². The zero-order chi connectivity index (χ0) is 57.0. The smallest absolute Gasteiger partial charge is 0.0755 e. The van der Waals surface area contributed by atoms with Gasteiger partial charge >= 0.3 is 0 Å². The van der Waals surface area contributed by atoms with Gasteiger partial charge in [-0.1, -0.05) is 261 Å². The average molecular weight is 1100 g/mol. The standard InChI is InChI=1S/C84H53N3/c1-3-25-56(26-4-1)83(57-27-5-2-6-28-57)68-38-14-9-35-66(68)80-64-34-8-7-32-62(64)79(53-73(80)83)85(58-50-48-54(49-51-58)55-24-21-29-59(52-55)86-74-43-17-11-30-60(74)61-31-12-18-44-75(61)86)78-47-23-41-71-81(78)67-36-10-15-39-69(67)84(71)70-40-16-20-46-77(70)87-76-45-19-13-33-63(76)65-37-22-42-72(84)82(65)87/h1-53H. The fourth-order valence-electron chi connectivity index (χ4n) is 16.5. The van der Waals surface area contributed by atoms with Gasteiger partial charge in [-0.3, -0.25) is 0 Å². The number of fused-ring (bicyclic) bond motifs is 20. The van der Waals surface area contributed by atoms with E-state index in [-0.39, 0.29) is 0 Å². The summed E-state index contributed by atoms with van der Waals surface area (Å²) in [5.41, 5.74) is 26.8. The number of aromatic nitrogens is 2. The van der Waals surface area contributed by atoms with Crippen molar-refractivity contribution >= 4 is 71.4 Å². The van der Waals surface area contributed by atoms with Gasteiger partial charge < -0.3 is 14.0 Å². The molecule has 404 valence electrons. The van der Waals surface area contributed by atoms with Crippen molar-refractivity contribution in [3.05, 3.63) is 366 Å². The molecule has 87 heavy (non-hydrogen) atoms. The molecule has 1 spiro atoms. The molecule has 3 heterocycles. The predicted octanol–water partition coefficient (Wildman–Crippen LogP) is 21.2. The molecular formula is C84H53N3. The monoisotopic (exact) mass is 1100 g/mol. The van der Waals surface area contributed by atoms with E-state index in [0.717, 1.165) is 33.9 Å². The summed E-state index contributed by atoms with van der Waals surface area (Å²) in [6, 6.07) is 121. The maximum absolute atomic E-state index is 2.62. The molecule has 0 radical (unpaired) electrons. The van der Waals surface area contributed by atoms with Gasteiger partial charge in [-0.2, -0.15) is 0 Å². The maximum atomic E-state index is 2.62. The SMILES string of the molecule is c1ccc(C2(c3ccccc3)c3ccccc3-c3c2cc(N(c2ccc(-c4cccc(-n5c6ccccc6c6ccccc65)c4)cc2)c2cccc4c2-c2ccccc2C42c4ccccc4-n4c5ccccc5c5cccc2c54)c2ccccc32)cc1. The van der Waals surface area contributed by atoms with Gasteiger partial charge in [-0.05, 0) is 138 Å². The van der Waals surface area contributed by atoms with Crippen LogP contribution in [0, 0.1) is 0 Å². The lowest BCUT2D eigenvalue weighted by atomic mass is 9.65. The molecule has 0 fully saturated rings. The average Bonchev–Trinajstić information content (AvgIpc) is 1.56. The molecule has 0 amide bonds. The van der Waals surface area contributed by atoms with Crippen molar-refractivity contribution in [2.45, 2.75) is 10.8 Å². The molecule has 0 saturated heterocycles. The van der Waals surface area contributed by atoms with Crippen LogP contribution in [0.3, 0.4) is 0 Å². The molecule has 19 rings (SSSR count). The Morgan fingerprint density at radius 2 is 0.759 bits per heavy atom. The minimum absolute atomic E-state index is 0.637. The summed E-state index contributed by atoms with van der Waals surface area (Å²) in [7, 11) is 0. The zero-order valence-electron chi connectivity index (χ0n) is 47.4. The van der Waals surface area contributed by atoms with Gasteiger partial charge in [0.05, 0.1) is 50.0 Å². The van der Waals surface area contributed by atoms with E-state index in [1.807, 2.05) is 0 Å². The molecule has 2 aliphatic carbocycles. The van der Waals surface area contributed by atoms with E-state index in [0.29, 0.717) is 0 Å². The summed E-state index contributed by atoms with van der Waals surface area (Å²) in [5, 5.41) is 7.45. The molecule has 2 aromatic heterocycles. The van der Waals surface area contributed by atoms with Gasteiger partial charge in [0.15, 0.2) is 0 Å². The van der Waals surface area contributed by atoms with Crippen molar-refractivity contribution in [3.8, 4) is 44.8 Å². The predicted molar refractivity (Wildman–Crippen MR) is 361 cm³/mol. The molecule has 1 unspecified atom stereocenters. The molecular weight excluding hydrogens is 1050 g/mol. The second-order valence-electron chi connectivity index (χ2n) is 23.8. The third kappa shape index (κ3) is 6.34. The Hall–Kier alpha value is -11.3. The highest BCUT2D eigenvalue weighted by atomic mass is 15.1. The largest absolute Gasteiger partial charge is 0.309 e. The number of para-hydroxylation sites is 5. The van der Waals surface area contributed by atoms with E-state index in [1.54, 1.807) is 0 Å². The van der Waals surface area contributed by atoms with Crippen LogP contribution in [0.15, 0.2) is 322 Å². The Kier molecular flexibility index (Phi) is 10.0. The summed E-state index contributed by atoms with van der Waals surface area (Å²) in [6.45, 7) is 0. The zero-order valence-corrected chi connectivity index (χ0v) is 47.4. The Balaban J connectivity index is 0.896. The second kappa shape index (κ2) is 18.1. The van der Waals surface area contributed by atoms with Crippen molar-refractivity contribution in [2.75, 3.05) is 4.90 Å². The topological polar surface area (TPSA) is 13.1 Å². The molecule has 16 aromatic rings. The molecule has 3 heteroatoms. The molecule has 0 bridgehead atoms. The van der Waals surface area contributed by atoms with Crippen LogP contribution in [0.5, 0.6) is 0 Å².